The molecule has 5 rings (SSSR count). The lowest BCUT2D eigenvalue weighted by atomic mass is 10.1. The normalized spacial score (nSPS) is 17.1. The third-order valence-electron chi connectivity index (χ3n) is 5.68. The van der Waals surface area contributed by atoms with Crippen LogP contribution in [-0.2, 0) is 11.3 Å². The van der Waals surface area contributed by atoms with Crippen LogP contribution in [0, 0.1) is 0 Å². The Kier molecular flexibility index (Phi) is 4.12. The molecule has 0 radical (unpaired) electrons. The van der Waals surface area contributed by atoms with Crippen LogP contribution < -0.4 is 4.90 Å². The predicted octanol–water partition coefficient (Wildman–Crippen LogP) is 5.12. The predicted molar refractivity (Wildman–Crippen MR) is 114 cm³/mol. The Morgan fingerprint density at radius 2 is 1.79 bits per heavy atom. The van der Waals surface area contributed by atoms with Gasteiger partial charge in [0.25, 0.3) is 0 Å². The van der Waals surface area contributed by atoms with E-state index >= 15 is 0 Å². The largest absolute Gasteiger partial charge is 0.328 e. The number of hydrogen-bond donors (Lipinski definition) is 0. The Morgan fingerprint density at radius 1 is 1.00 bits per heavy atom. The van der Waals surface area contributed by atoms with Gasteiger partial charge in [-0.2, -0.15) is 0 Å². The molecule has 28 heavy (non-hydrogen) atoms. The maximum Gasteiger partial charge on any atom is 0.227 e. The molecular weight excluding hydrogens is 346 g/mol. The summed E-state index contributed by atoms with van der Waals surface area (Å²) in [5, 5.41) is 2.29. The summed E-state index contributed by atoms with van der Waals surface area (Å²) < 4.78 is 2.31. The highest BCUT2D eigenvalue weighted by molar-refractivity contribution is 6.05. The summed E-state index contributed by atoms with van der Waals surface area (Å²) in [6, 6.07) is 22.7. The lowest BCUT2D eigenvalue weighted by molar-refractivity contribution is -0.117. The summed E-state index contributed by atoms with van der Waals surface area (Å²) in [5.41, 5.74) is 3.18. The van der Waals surface area contributed by atoms with E-state index in [1.807, 2.05) is 29.2 Å². The van der Waals surface area contributed by atoms with Crippen molar-refractivity contribution in [1.82, 2.24) is 9.55 Å². The first-order valence-electron chi connectivity index (χ1n) is 9.99. The zero-order chi connectivity index (χ0) is 19.1. The summed E-state index contributed by atoms with van der Waals surface area (Å²) in [6.07, 6.45) is 1.55. The van der Waals surface area contributed by atoms with Gasteiger partial charge in [0.1, 0.15) is 5.82 Å². The molecule has 140 valence electrons. The molecule has 4 heteroatoms. The molecule has 1 saturated heterocycles. The molecule has 1 fully saturated rings. The lowest BCUT2D eigenvalue weighted by Crippen LogP contribution is -2.24. The number of imidazole rings is 1. The van der Waals surface area contributed by atoms with Crippen molar-refractivity contribution in [2.45, 2.75) is 32.2 Å². The lowest BCUT2D eigenvalue weighted by Gasteiger charge is -2.19. The van der Waals surface area contributed by atoms with Crippen molar-refractivity contribution in [2.24, 2.45) is 0 Å². The van der Waals surface area contributed by atoms with Crippen LogP contribution in [0.1, 0.15) is 31.5 Å². The first-order valence-corrected chi connectivity index (χ1v) is 9.99. The van der Waals surface area contributed by atoms with Gasteiger partial charge >= 0.3 is 0 Å². The molecule has 0 aliphatic carbocycles. The fourth-order valence-electron chi connectivity index (χ4n) is 4.42. The highest BCUT2D eigenvalue weighted by Crippen LogP contribution is 2.36. The van der Waals surface area contributed by atoms with E-state index in [0.29, 0.717) is 13.0 Å². The second kappa shape index (κ2) is 6.79. The Hall–Kier alpha value is -3.14. The molecule has 4 nitrogen and oxygen atoms in total. The van der Waals surface area contributed by atoms with Gasteiger partial charge in [-0.1, -0.05) is 55.5 Å². The quantitative estimate of drug-likeness (QED) is 0.501. The van der Waals surface area contributed by atoms with E-state index < -0.39 is 0 Å². The van der Waals surface area contributed by atoms with E-state index in [1.165, 1.54) is 0 Å². The van der Waals surface area contributed by atoms with E-state index in [1.54, 1.807) is 0 Å². The van der Waals surface area contributed by atoms with Crippen LogP contribution in [0.4, 0.5) is 5.69 Å². The number of carbonyl (C=O) groups is 1. The number of para-hydroxylation sites is 2. The average molecular weight is 369 g/mol. The van der Waals surface area contributed by atoms with Gasteiger partial charge in [-0.3, -0.25) is 4.79 Å². The van der Waals surface area contributed by atoms with E-state index in [4.69, 9.17) is 4.98 Å². The zero-order valence-electron chi connectivity index (χ0n) is 16.0. The molecule has 0 spiro atoms. The van der Waals surface area contributed by atoms with Gasteiger partial charge in [-0.15, -0.1) is 0 Å². The summed E-state index contributed by atoms with van der Waals surface area (Å²) in [5.74, 6) is 1.33. The van der Waals surface area contributed by atoms with Crippen LogP contribution in [0.15, 0.2) is 66.7 Å². The molecule has 0 unspecified atom stereocenters. The van der Waals surface area contributed by atoms with Gasteiger partial charge in [-0.25, -0.2) is 4.98 Å². The molecule has 1 atom stereocenters. The topological polar surface area (TPSA) is 38.1 Å². The van der Waals surface area contributed by atoms with Gasteiger partial charge < -0.3 is 9.47 Å². The maximum atomic E-state index is 13.0. The molecule has 1 aromatic heterocycles. The number of nitrogens with zero attached hydrogens (tertiary/aromatic N) is 3. The number of rotatable bonds is 4. The molecule has 1 aliphatic rings. The van der Waals surface area contributed by atoms with Crippen LogP contribution in [0.25, 0.3) is 21.8 Å². The zero-order valence-corrected chi connectivity index (χ0v) is 16.0. The third-order valence-corrected chi connectivity index (χ3v) is 5.68. The van der Waals surface area contributed by atoms with Crippen LogP contribution in [0.3, 0.4) is 0 Å². The van der Waals surface area contributed by atoms with Crippen LogP contribution in [0.5, 0.6) is 0 Å². The molecule has 2 heterocycles. The number of aryl methyl sites for hydroxylation is 1. The van der Waals surface area contributed by atoms with Crippen LogP contribution in [-0.4, -0.2) is 22.0 Å². The number of hydrogen-bond acceptors (Lipinski definition) is 2. The van der Waals surface area contributed by atoms with Crippen molar-refractivity contribution < 1.29 is 4.79 Å². The molecule has 1 aliphatic heterocycles. The monoisotopic (exact) mass is 369 g/mol. The average Bonchev–Trinajstić information content (AvgIpc) is 3.29. The Bertz CT molecular complexity index is 1170. The third kappa shape index (κ3) is 2.68. The van der Waals surface area contributed by atoms with E-state index in [2.05, 4.69) is 54.0 Å². The van der Waals surface area contributed by atoms with Crippen molar-refractivity contribution >= 4 is 33.4 Å². The van der Waals surface area contributed by atoms with Crippen molar-refractivity contribution in [1.29, 1.82) is 0 Å². The number of aromatic nitrogens is 2. The number of carbonyl (C=O) groups excluding carboxylic acids is 1. The van der Waals surface area contributed by atoms with Crippen molar-refractivity contribution in [3.8, 4) is 0 Å². The number of benzene rings is 3. The molecule has 0 saturated carbocycles. The Labute approximate surface area is 164 Å². The first kappa shape index (κ1) is 17.0. The highest BCUT2D eigenvalue weighted by atomic mass is 16.2. The van der Waals surface area contributed by atoms with Crippen molar-refractivity contribution in [3.63, 3.8) is 0 Å². The minimum absolute atomic E-state index is 0.116. The fraction of sp³-hybridized carbons (Fsp3) is 0.250. The summed E-state index contributed by atoms with van der Waals surface area (Å²) in [7, 11) is 0. The SMILES string of the molecule is CCCn1c([C@H]2CC(=O)N(c3cccc4ccccc34)C2)nc2ccccc21. The van der Waals surface area contributed by atoms with Crippen molar-refractivity contribution in [2.75, 3.05) is 11.4 Å². The summed E-state index contributed by atoms with van der Waals surface area (Å²) in [4.78, 5) is 19.8. The molecule has 3 aromatic carbocycles. The molecule has 0 N–H and O–H groups in total. The smallest absolute Gasteiger partial charge is 0.227 e. The Morgan fingerprint density at radius 3 is 2.68 bits per heavy atom. The van der Waals surface area contributed by atoms with Gasteiger partial charge in [0.05, 0.1) is 16.7 Å². The van der Waals surface area contributed by atoms with E-state index in [9.17, 15) is 4.79 Å². The summed E-state index contributed by atoms with van der Waals surface area (Å²) in [6.45, 7) is 3.79. The number of fused-ring (bicyclic) bond motifs is 2. The molecule has 4 aromatic rings. The standard InChI is InChI=1S/C24H23N3O/c1-2-14-26-22-12-6-5-11-20(22)25-24(26)18-15-23(28)27(16-18)21-13-7-9-17-8-3-4-10-19(17)21/h3-13,18H,2,14-16H2,1H3/t18-/m0/s1. The van der Waals surface area contributed by atoms with Crippen molar-refractivity contribution in [3.05, 3.63) is 72.6 Å². The van der Waals surface area contributed by atoms with Gasteiger partial charge in [0.2, 0.25) is 5.91 Å². The van der Waals surface area contributed by atoms with Gasteiger partial charge in [0, 0.05) is 30.8 Å². The fourth-order valence-corrected chi connectivity index (χ4v) is 4.42. The molecule has 1 amide bonds. The Balaban J connectivity index is 1.55. The maximum absolute atomic E-state index is 13.0. The van der Waals surface area contributed by atoms with Crippen LogP contribution in [0.2, 0.25) is 0 Å². The van der Waals surface area contributed by atoms with Crippen LogP contribution >= 0.6 is 0 Å². The highest BCUT2D eigenvalue weighted by Gasteiger charge is 2.35. The van der Waals surface area contributed by atoms with Gasteiger partial charge in [-0.05, 0) is 30.0 Å². The second-order valence-corrected chi connectivity index (χ2v) is 7.51. The minimum Gasteiger partial charge on any atom is -0.328 e. The van der Waals surface area contributed by atoms with E-state index in [-0.39, 0.29) is 11.8 Å². The van der Waals surface area contributed by atoms with Gasteiger partial charge in [0.15, 0.2) is 0 Å². The molecule has 0 bridgehead atoms. The molecular formula is C24H23N3O. The first-order chi connectivity index (χ1) is 13.8. The van der Waals surface area contributed by atoms with E-state index in [0.717, 1.165) is 46.3 Å². The second-order valence-electron chi connectivity index (χ2n) is 7.51. The minimum atomic E-state index is 0.116. The number of anilines is 1. The summed E-state index contributed by atoms with van der Waals surface area (Å²) >= 11 is 0. The number of amides is 1.